The van der Waals surface area contributed by atoms with E-state index in [1.54, 1.807) is 4.90 Å². The van der Waals surface area contributed by atoms with Crippen LogP contribution in [0.15, 0.2) is 30.3 Å². The molecule has 0 radical (unpaired) electrons. The highest BCUT2D eigenvalue weighted by atomic mass is 16.2. The molecule has 0 unspecified atom stereocenters. The summed E-state index contributed by atoms with van der Waals surface area (Å²) in [6, 6.07) is 9.76. The zero-order valence-electron chi connectivity index (χ0n) is 10.6. The van der Waals surface area contributed by atoms with Gasteiger partial charge in [-0.2, -0.15) is 0 Å². The van der Waals surface area contributed by atoms with Gasteiger partial charge < -0.3 is 15.5 Å². The van der Waals surface area contributed by atoms with Gasteiger partial charge in [-0.25, -0.2) is 0 Å². The van der Waals surface area contributed by atoms with Crippen molar-refractivity contribution in [2.24, 2.45) is 0 Å². The van der Waals surface area contributed by atoms with Crippen LogP contribution in [-0.2, 0) is 4.79 Å². The van der Waals surface area contributed by atoms with Crippen molar-refractivity contribution >= 4 is 11.6 Å². The minimum Gasteiger partial charge on any atom is -0.376 e. The smallest absolute Gasteiger partial charge is 0.241 e. The number of nitrogens with zero attached hydrogens (tertiary/aromatic N) is 1. The third-order valence-corrected chi connectivity index (χ3v) is 2.56. The van der Waals surface area contributed by atoms with E-state index in [2.05, 4.69) is 10.6 Å². The van der Waals surface area contributed by atoms with Gasteiger partial charge in [-0.05, 0) is 32.1 Å². The van der Waals surface area contributed by atoms with E-state index in [1.807, 2.05) is 44.4 Å². The van der Waals surface area contributed by atoms with Crippen LogP contribution in [0.5, 0.6) is 0 Å². The van der Waals surface area contributed by atoms with Crippen molar-refractivity contribution in [3.05, 3.63) is 30.3 Å². The van der Waals surface area contributed by atoms with Crippen molar-refractivity contribution < 1.29 is 4.79 Å². The molecule has 94 valence electrons. The van der Waals surface area contributed by atoms with Gasteiger partial charge in [0.15, 0.2) is 0 Å². The number of carbonyl (C=O) groups is 1. The molecule has 0 fully saturated rings. The maximum Gasteiger partial charge on any atom is 0.241 e. The molecular weight excluding hydrogens is 214 g/mol. The van der Waals surface area contributed by atoms with Crippen molar-refractivity contribution in [3.8, 4) is 0 Å². The number of likely N-dealkylation sites (N-methyl/N-ethyl adjacent to an activating group) is 1. The fraction of sp³-hybridized carbons (Fsp3) is 0.462. The van der Waals surface area contributed by atoms with Gasteiger partial charge in [0.25, 0.3) is 0 Å². The minimum absolute atomic E-state index is 0.116. The Morgan fingerprint density at radius 1 is 1.29 bits per heavy atom. The van der Waals surface area contributed by atoms with Gasteiger partial charge in [-0.15, -0.1) is 0 Å². The molecule has 0 atom stereocenters. The number of amides is 1. The van der Waals surface area contributed by atoms with E-state index >= 15 is 0 Å². The average molecular weight is 235 g/mol. The first-order valence-electron chi connectivity index (χ1n) is 5.91. The zero-order valence-corrected chi connectivity index (χ0v) is 10.6. The summed E-state index contributed by atoms with van der Waals surface area (Å²) in [5, 5.41) is 6.18. The van der Waals surface area contributed by atoms with Crippen molar-refractivity contribution in [1.82, 2.24) is 10.2 Å². The Morgan fingerprint density at radius 2 is 2.00 bits per heavy atom. The second-order valence-corrected chi connectivity index (χ2v) is 3.99. The van der Waals surface area contributed by atoms with Crippen molar-refractivity contribution in [3.63, 3.8) is 0 Å². The lowest BCUT2D eigenvalue weighted by atomic mass is 10.3. The largest absolute Gasteiger partial charge is 0.376 e. The van der Waals surface area contributed by atoms with Gasteiger partial charge in [-0.1, -0.05) is 18.2 Å². The monoisotopic (exact) mass is 235 g/mol. The number of hydrogen-bond acceptors (Lipinski definition) is 3. The fourth-order valence-electron chi connectivity index (χ4n) is 1.49. The highest BCUT2D eigenvalue weighted by Crippen LogP contribution is 2.04. The molecule has 1 rings (SSSR count). The summed E-state index contributed by atoms with van der Waals surface area (Å²) >= 11 is 0. The molecule has 4 heteroatoms. The first kappa shape index (κ1) is 13.5. The molecule has 0 bridgehead atoms. The number of para-hydroxylation sites is 1. The summed E-state index contributed by atoms with van der Waals surface area (Å²) in [7, 11) is 3.75. The average Bonchev–Trinajstić information content (AvgIpc) is 2.37. The van der Waals surface area contributed by atoms with Crippen LogP contribution < -0.4 is 10.6 Å². The fourth-order valence-corrected chi connectivity index (χ4v) is 1.49. The van der Waals surface area contributed by atoms with Gasteiger partial charge in [-0.3, -0.25) is 4.79 Å². The molecule has 0 spiro atoms. The summed E-state index contributed by atoms with van der Waals surface area (Å²) in [6.07, 6.45) is 0.976. The molecule has 0 saturated carbocycles. The summed E-state index contributed by atoms with van der Waals surface area (Å²) < 4.78 is 0. The molecule has 0 heterocycles. The van der Waals surface area contributed by atoms with Gasteiger partial charge in [0.05, 0.1) is 6.54 Å². The summed E-state index contributed by atoms with van der Waals surface area (Å²) in [5.74, 6) is 0.116. The van der Waals surface area contributed by atoms with E-state index in [-0.39, 0.29) is 5.91 Å². The van der Waals surface area contributed by atoms with E-state index in [1.165, 1.54) is 0 Å². The van der Waals surface area contributed by atoms with Crippen LogP contribution in [0.1, 0.15) is 6.42 Å². The number of carbonyl (C=O) groups excluding carboxylic acids is 1. The maximum absolute atomic E-state index is 11.8. The van der Waals surface area contributed by atoms with Crippen molar-refractivity contribution in [2.75, 3.05) is 39.0 Å². The molecule has 1 aromatic carbocycles. The Kier molecular flexibility index (Phi) is 6.10. The summed E-state index contributed by atoms with van der Waals surface area (Å²) in [6.45, 7) is 2.07. The number of anilines is 1. The van der Waals surface area contributed by atoms with E-state index in [0.29, 0.717) is 6.54 Å². The molecule has 4 nitrogen and oxygen atoms in total. The second-order valence-electron chi connectivity index (χ2n) is 3.99. The van der Waals surface area contributed by atoms with Crippen LogP contribution in [-0.4, -0.2) is 44.5 Å². The molecule has 1 amide bonds. The molecule has 0 aliphatic rings. The van der Waals surface area contributed by atoms with Gasteiger partial charge in [0, 0.05) is 19.3 Å². The zero-order chi connectivity index (χ0) is 12.5. The first-order chi connectivity index (χ1) is 8.24. The number of nitrogens with one attached hydrogen (secondary N) is 2. The van der Waals surface area contributed by atoms with Crippen molar-refractivity contribution in [2.45, 2.75) is 6.42 Å². The van der Waals surface area contributed by atoms with E-state index in [0.717, 1.165) is 25.2 Å². The minimum atomic E-state index is 0.116. The topological polar surface area (TPSA) is 44.4 Å². The van der Waals surface area contributed by atoms with Crippen molar-refractivity contribution in [1.29, 1.82) is 0 Å². The molecular formula is C13H21N3O. The Bertz CT molecular complexity index is 327. The highest BCUT2D eigenvalue weighted by molar-refractivity contribution is 5.80. The Balaban J connectivity index is 2.24. The van der Waals surface area contributed by atoms with E-state index < -0.39 is 0 Å². The quantitative estimate of drug-likeness (QED) is 0.697. The first-order valence-corrected chi connectivity index (χ1v) is 5.91. The Hall–Kier alpha value is -1.55. The van der Waals surface area contributed by atoms with Crippen LogP contribution in [0, 0.1) is 0 Å². The number of rotatable bonds is 7. The van der Waals surface area contributed by atoms with Gasteiger partial charge in [0.1, 0.15) is 0 Å². The van der Waals surface area contributed by atoms with E-state index in [4.69, 9.17) is 0 Å². The third-order valence-electron chi connectivity index (χ3n) is 2.56. The van der Waals surface area contributed by atoms with Gasteiger partial charge >= 0.3 is 0 Å². The summed E-state index contributed by atoms with van der Waals surface area (Å²) in [4.78, 5) is 13.5. The number of hydrogen-bond donors (Lipinski definition) is 2. The maximum atomic E-state index is 11.8. The number of benzene rings is 1. The molecule has 17 heavy (non-hydrogen) atoms. The molecule has 1 aromatic rings. The van der Waals surface area contributed by atoms with Crippen LogP contribution in [0.4, 0.5) is 5.69 Å². The Morgan fingerprint density at radius 3 is 2.65 bits per heavy atom. The molecule has 2 N–H and O–H groups in total. The third kappa shape index (κ3) is 5.36. The van der Waals surface area contributed by atoms with Crippen LogP contribution in [0.25, 0.3) is 0 Å². The second kappa shape index (κ2) is 7.68. The summed E-state index contributed by atoms with van der Waals surface area (Å²) in [5.41, 5.74) is 0.976. The van der Waals surface area contributed by atoms with E-state index in [9.17, 15) is 4.79 Å². The lowest BCUT2D eigenvalue weighted by Gasteiger charge is -2.17. The van der Waals surface area contributed by atoms with Crippen LogP contribution >= 0.6 is 0 Å². The lowest BCUT2D eigenvalue weighted by molar-refractivity contribution is -0.128. The van der Waals surface area contributed by atoms with Crippen LogP contribution in [0.2, 0.25) is 0 Å². The predicted octanol–water partition coefficient (Wildman–Crippen LogP) is 1.17. The Labute approximate surface area is 103 Å². The van der Waals surface area contributed by atoms with Gasteiger partial charge in [0.2, 0.25) is 5.91 Å². The standard InChI is InChI=1S/C13H21N3O/c1-14-9-6-10-16(2)13(17)11-15-12-7-4-3-5-8-12/h3-5,7-8,14-15H,6,9-11H2,1-2H3. The SMILES string of the molecule is CNCCCN(C)C(=O)CNc1ccccc1. The highest BCUT2D eigenvalue weighted by Gasteiger charge is 2.07. The molecule has 0 aromatic heterocycles. The molecule has 0 saturated heterocycles. The molecule has 0 aliphatic heterocycles. The predicted molar refractivity (Wildman–Crippen MR) is 71.1 cm³/mol. The normalized spacial score (nSPS) is 10.0. The molecule has 0 aliphatic carbocycles. The lowest BCUT2D eigenvalue weighted by Crippen LogP contribution is -2.33. The van der Waals surface area contributed by atoms with Crippen LogP contribution in [0.3, 0.4) is 0 Å².